The van der Waals surface area contributed by atoms with E-state index in [-0.39, 0.29) is 0 Å². The lowest BCUT2D eigenvalue weighted by molar-refractivity contribution is -0.120. The number of rotatable bonds is 3. The van der Waals surface area contributed by atoms with Gasteiger partial charge in [-0.2, -0.15) is 0 Å². The van der Waals surface area contributed by atoms with Crippen molar-refractivity contribution >= 4 is 5.78 Å². The van der Waals surface area contributed by atoms with E-state index in [1.165, 1.54) is 12.8 Å². The molecule has 0 amide bonds. The van der Waals surface area contributed by atoms with Gasteiger partial charge in [0.1, 0.15) is 0 Å². The summed E-state index contributed by atoms with van der Waals surface area (Å²) < 4.78 is 0. The Labute approximate surface area is 87.6 Å². The molecule has 2 atom stereocenters. The summed E-state index contributed by atoms with van der Waals surface area (Å²) in [7, 11) is 0. The van der Waals surface area contributed by atoms with Gasteiger partial charge in [-0.15, -0.1) is 0 Å². The van der Waals surface area contributed by atoms with Crippen molar-refractivity contribution in [3.05, 3.63) is 11.6 Å². The maximum Gasteiger partial charge on any atom is 0.161 e. The van der Waals surface area contributed by atoms with E-state index >= 15 is 0 Å². The molecule has 2 unspecified atom stereocenters. The van der Waals surface area contributed by atoms with Gasteiger partial charge in [0.05, 0.1) is 0 Å². The van der Waals surface area contributed by atoms with Crippen molar-refractivity contribution in [3.63, 3.8) is 0 Å². The van der Waals surface area contributed by atoms with Crippen LogP contribution in [0.5, 0.6) is 0 Å². The Morgan fingerprint density at radius 1 is 1.43 bits per heavy atom. The second kappa shape index (κ2) is 5.33. The molecule has 0 aromatic carbocycles. The first kappa shape index (κ1) is 11.5. The number of hydrogen-bond donors (Lipinski definition) is 0. The van der Waals surface area contributed by atoms with Crippen LogP contribution in [0.15, 0.2) is 11.6 Å². The summed E-state index contributed by atoms with van der Waals surface area (Å²) in [5.41, 5.74) is 1.03. The third-order valence-corrected chi connectivity index (χ3v) is 3.35. The van der Waals surface area contributed by atoms with Crippen LogP contribution in [0.4, 0.5) is 0 Å². The lowest BCUT2D eigenvalue weighted by Gasteiger charge is -2.26. The van der Waals surface area contributed by atoms with Crippen LogP contribution < -0.4 is 0 Å². The number of carbonyl (C=O) groups excluding carboxylic acids is 1. The summed E-state index contributed by atoms with van der Waals surface area (Å²) in [6.45, 7) is 6.31. The Balaban J connectivity index is 2.59. The summed E-state index contributed by atoms with van der Waals surface area (Å²) >= 11 is 0. The Hall–Kier alpha value is -0.590. The van der Waals surface area contributed by atoms with E-state index in [1.54, 1.807) is 0 Å². The van der Waals surface area contributed by atoms with Crippen molar-refractivity contribution in [2.75, 3.05) is 0 Å². The molecule has 1 aliphatic rings. The van der Waals surface area contributed by atoms with E-state index in [0.29, 0.717) is 11.7 Å². The Morgan fingerprint density at radius 3 is 2.64 bits per heavy atom. The molecule has 0 spiro atoms. The summed E-state index contributed by atoms with van der Waals surface area (Å²) in [5, 5.41) is 0. The standard InChI is InChI=1S/C13H22O/c1-4-11(5-2)13(14)12-8-6-7-10(3)9-12/h4,10,12H,5-9H2,1-3H3/b11-4-. The molecule has 1 heteroatoms. The van der Waals surface area contributed by atoms with Crippen molar-refractivity contribution < 1.29 is 4.79 Å². The van der Waals surface area contributed by atoms with Crippen LogP contribution in [0.1, 0.15) is 52.9 Å². The monoisotopic (exact) mass is 194 g/mol. The fourth-order valence-electron chi connectivity index (χ4n) is 2.46. The average molecular weight is 194 g/mol. The molecule has 1 saturated carbocycles. The van der Waals surface area contributed by atoms with Gasteiger partial charge in [0.15, 0.2) is 5.78 Å². The minimum absolute atomic E-state index is 0.324. The van der Waals surface area contributed by atoms with E-state index in [2.05, 4.69) is 13.8 Å². The van der Waals surface area contributed by atoms with Crippen LogP contribution in [-0.2, 0) is 4.79 Å². The number of hydrogen-bond acceptors (Lipinski definition) is 1. The first-order chi connectivity index (χ1) is 6.69. The second-order valence-corrected chi connectivity index (χ2v) is 4.50. The molecule has 14 heavy (non-hydrogen) atoms. The highest BCUT2D eigenvalue weighted by Gasteiger charge is 2.25. The third kappa shape index (κ3) is 2.70. The van der Waals surface area contributed by atoms with Gasteiger partial charge in [-0.05, 0) is 37.7 Å². The summed E-state index contributed by atoms with van der Waals surface area (Å²) in [4.78, 5) is 12.0. The van der Waals surface area contributed by atoms with Crippen LogP contribution in [0.25, 0.3) is 0 Å². The molecule has 0 radical (unpaired) electrons. The highest BCUT2D eigenvalue weighted by atomic mass is 16.1. The maximum atomic E-state index is 12.0. The average Bonchev–Trinajstić information content (AvgIpc) is 2.19. The van der Waals surface area contributed by atoms with Crippen molar-refractivity contribution in [1.29, 1.82) is 0 Å². The maximum absolute atomic E-state index is 12.0. The van der Waals surface area contributed by atoms with Gasteiger partial charge in [0.2, 0.25) is 0 Å². The molecule has 0 N–H and O–H groups in total. The second-order valence-electron chi connectivity index (χ2n) is 4.50. The molecule has 0 saturated heterocycles. The van der Waals surface area contributed by atoms with Crippen molar-refractivity contribution in [2.45, 2.75) is 52.9 Å². The lowest BCUT2D eigenvalue weighted by Crippen LogP contribution is -2.22. The van der Waals surface area contributed by atoms with E-state index in [4.69, 9.17) is 0 Å². The van der Waals surface area contributed by atoms with E-state index < -0.39 is 0 Å². The van der Waals surface area contributed by atoms with Crippen molar-refractivity contribution in [2.24, 2.45) is 11.8 Å². The highest BCUT2D eigenvalue weighted by molar-refractivity contribution is 5.97. The molecule has 1 aliphatic carbocycles. The Kier molecular flexibility index (Phi) is 4.37. The van der Waals surface area contributed by atoms with E-state index in [1.807, 2.05) is 13.0 Å². The minimum Gasteiger partial charge on any atom is -0.294 e. The van der Waals surface area contributed by atoms with Crippen LogP contribution in [0.3, 0.4) is 0 Å². The van der Waals surface area contributed by atoms with Gasteiger partial charge >= 0.3 is 0 Å². The SMILES string of the molecule is C/C=C(/CC)C(=O)C1CCCC(C)C1. The molecular weight excluding hydrogens is 172 g/mol. The quantitative estimate of drug-likeness (QED) is 0.625. The van der Waals surface area contributed by atoms with E-state index in [0.717, 1.165) is 30.8 Å². The van der Waals surface area contributed by atoms with Crippen molar-refractivity contribution in [3.8, 4) is 0 Å². The van der Waals surface area contributed by atoms with E-state index in [9.17, 15) is 4.79 Å². The van der Waals surface area contributed by atoms with Crippen LogP contribution >= 0.6 is 0 Å². The highest BCUT2D eigenvalue weighted by Crippen LogP contribution is 2.31. The number of ketones is 1. The first-order valence-electron chi connectivity index (χ1n) is 5.88. The number of allylic oxidation sites excluding steroid dienone is 2. The molecule has 0 bridgehead atoms. The summed E-state index contributed by atoms with van der Waals surface area (Å²) in [5.74, 6) is 1.49. The third-order valence-electron chi connectivity index (χ3n) is 3.35. The van der Waals surface area contributed by atoms with Gasteiger partial charge in [-0.25, -0.2) is 0 Å². The zero-order chi connectivity index (χ0) is 10.6. The predicted molar refractivity (Wildman–Crippen MR) is 60.2 cm³/mol. The summed E-state index contributed by atoms with van der Waals surface area (Å²) in [6.07, 6.45) is 7.64. The van der Waals surface area contributed by atoms with Gasteiger partial charge in [-0.3, -0.25) is 4.79 Å². The smallest absolute Gasteiger partial charge is 0.161 e. The molecule has 80 valence electrons. The van der Waals surface area contributed by atoms with Crippen LogP contribution in [0, 0.1) is 11.8 Å². The van der Waals surface area contributed by atoms with Gasteiger partial charge in [0.25, 0.3) is 0 Å². The number of Topliss-reactive ketones (excluding diaryl/α,β-unsaturated/α-hetero) is 1. The molecular formula is C13H22O. The topological polar surface area (TPSA) is 17.1 Å². The minimum atomic E-state index is 0.324. The first-order valence-corrected chi connectivity index (χ1v) is 5.88. The largest absolute Gasteiger partial charge is 0.294 e. The zero-order valence-corrected chi connectivity index (χ0v) is 9.68. The fourth-order valence-corrected chi connectivity index (χ4v) is 2.46. The number of carbonyl (C=O) groups is 1. The van der Waals surface area contributed by atoms with Crippen molar-refractivity contribution in [1.82, 2.24) is 0 Å². The normalized spacial score (nSPS) is 28.9. The van der Waals surface area contributed by atoms with Crippen LogP contribution in [-0.4, -0.2) is 5.78 Å². The fraction of sp³-hybridized carbons (Fsp3) is 0.769. The van der Waals surface area contributed by atoms with Gasteiger partial charge < -0.3 is 0 Å². The Bertz CT molecular complexity index is 227. The molecule has 1 rings (SSSR count). The molecule has 0 aromatic heterocycles. The van der Waals surface area contributed by atoms with Gasteiger partial charge in [0, 0.05) is 5.92 Å². The molecule has 0 aliphatic heterocycles. The molecule has 0 heterocycles. The predicted octanol–water partition coefficient (Wildman–Crippen LogP) is 3.74. The Morgan fingerprint density at radius 2 is 2.14 bits per heavy atom. The lowest BCUT2D eigenvalue weighted by atomic mass is 9.78. The van der Waals surface area contributed by atoms with Crippen LogP contribution in [0.2, 0.25) is 0 Å². The molecule has 0 aromatic rings. The molecule has 1 nitrogen and oxygen atoms in total. The molecule has 1 fully saturated rings. The van der Waals surface area contributed by atoms with Gasteiger partial charge in [-0.1, -0.05) is 32.8 Å². The summed E-state index contributed by atoms with van der Waals surface area (Å²) in [6, 6.07) is 0. The zero-order valence-electron chi connectivity index (χ0n) is 9.68.